The van der Waals surface area contributed by atoms with Crippen molar-refractivity contribution in [3.63, 3.8) is 0 Å². The van der Waals surface area contributed by atoms with Crippen LogP contribution in [0.25, 0.3) is 10.2 Å². The number of H-pyrrole nitrogens is 1. The van der Waals surface area contributed by atoms with Crippen LogP contribution in [0.5, 0.6) is 0 Å². The van der Waals surface area contributed by atoms with Crippen molar-refractivity contribution in [2.24, 2.45) is 0 Å². The zero-order valence-electron chi connectivity index (χ0n) is 4.63. The average molecular weight is 160 g/mol. The summed E-state index contributed by atoms with van der Waals surface area (Å²) in [6.07, 6.45) is 1.96. The number of rotatable bonds is 0. The van der Waals surface area contributed by atoms with Gasteiger partial charge in [0.05, 0.1) is 10.2 Å². The summed E-state index contributed by atoms with van der Waals surface area (Å²) in [5, 5.41) is 2.08. The van der Waals surface area contributed by atoms with E-state index < -0.39 is 0 Å². The van der Waals surface area contributed by atoms with Crippen molar-refractivity contribution in [3.8, 4) is 0 Å². The van der Waals surface area contributed by atoms with Gasteiger partial charge in [-0.25, -0.2) is 0 Å². The first kappa shape index (κ1) is 6.65. The number of halogens is 1. The molecule has 0 atom stereocenters. The van der Waals surface area contributed by atoms with Crippen molar-refractivity contribution < 1.29 is 0 Å². The molecule has 0 aliphatic heterocycles. The van der Waals surface area contributed by atoms with Crippen LogP contribution in [0.3, 0.4) is 0 Å². The molecule has 48 valence electrons. The van der Waals surface area contributed by atoms with Gasteiger partial charge in [-0.05, 0) is 17.5 Å². The van der Waals surface area contributed by atoms with E-state index in [0.717, 1.165) is 0 Å². The molecule has 0 fully saturated rings. The molecule has 0 spiro atoms. The lowest BCUT2D eigenvalue weighted by atomic mass is 10.5. The average Bonchev–Trinajstić information content (AvgIpc) is 2.15. The molecule has 2 rings (SSSR count). The summed E-state index contributed by atoms with van der Waals surface area (Å²) >= 11 is 1.76. The van der Waals surface area contributed by atoms with Gasteiger partial charge in [-0.2, -0.15) is 0 Å². The highest BCUT2D eigenvalue weighted by Crippen LogP contribution is 2.17. The standard InChI is InChI=1S/C6H5NS.ClH/c1-3-7-5-2-4-8-6(1)5;/h1-4,7H;1H. The van der Waals surface area contributed by atoms with E-state index in [0.29, 0.717) is 0 Å². The van der Waals surface area contributed by atoms with E-state index in [4.69, 9.17) is 0 Å². The van der Waals surface area contributed by atoms with Crippen LogP contribution in [0.1, 0.15) is 0 Å². The second kappa shape index (κ2) is 2.42. The molecule has 2 heterocycles. The predicted octanol–water partition coefficient (Wildman–Crippen LogP) is 2.65. The maximum absolute atomic E-state index is 3.11. The molecule has 0 amide bonds. The summed E-state index contributed by atoms with van der Waals surface area (Å²) in [6, 6.07) is 4.17. The maximum Gasteiger partial charge on any atom is 0.0563 e. The molecule has 2 aromatic heterocycles. The van der Waals surface area contributed by atoms with E-state index in [9.17, 15) is 0 Å². The molecule has 9 heavy (non-hydrogen) atoms. The van der Waals surface area contributed by atoms with Gasteiger partial charge in [0.2, 0.25) is 0 Å². The molecular formula is C6H6ClNS. The molecule has 2 aromatic rings. The summed E-state index contributed by atoms with van der Waals surface area (Å²) in [5.41, 5.74) is 1.25. The van der Waals surface area contributed by atoms with Crippen molar-refractivity contribution in [1.29, 1.82) is 0 Å². The van der Waals surface area contributed by atoms with Gasteiger partial charge in [0.15, 0.2) is 0 Å². The molecule has 0 saturated heterocycles. The number of nitrogens with one attached hydrogen (secondary N) is 1. The Kier molecular flexibility index (Phi) is 1.78. The van der Waals surface area contributed by atoms with Crippen LogP contribution in [0.15, 0.2) is 23.7 Å². The molecule has 0 aromatic carbocycles. The number of thiophene rings is 1. The van der Waals surface area contributed by atoms with Gasteiger partial charge >= 0.3 is 0 Å². The minimum Gasteiger partial charge on any atom is -0.360 e. The molecule has 0 saturated carbocycles. The molecular weight excluding hydrogens is 154 g/mol. The molecule has 0 aliphatic carbocycles. The van der Waals surface area contributed by atoms with Crippen LogP contribution < -0.4 is 0 Å². The van der Waals surface area contributed by atoms with Crippen molar-refractivity contribution in [2.45, 2.75) is 0 Å². The van der Waals surface area contributed by atoms with Crippen molar-refractivity contribution >= 4 is 34.0 Å². The second-order valence-electron chi connectivity index (χ2n) is 1.68. The van der Waals surface area contributed by atoms with Crippen LogP contribution in [0.4, 0.5) is 0 Å². The number of aromatic amines is 1. The van der Waals surface area contributed by atoms with E-state index in [1.54, 1.807) is 11.3 Å². The fraction of sp³-hybridized carbons (Fsp3) is 0. The van der Waals surface area contributed by atoms with Gasteiger partial charge in [0, 0.05) is 6.20 Å². The van der Waals surface area contributed by atoms with Crippen LogP contribution in [-0.4, -0.2) is 4.98 Å². The van der Waals surface area contributed by atoms with Gasteiger partial charge in [-0.1, -0.05) is 0 Å². The first-order valence-corrected chi connectivity index (χ1v) is 3.35. The van der Waals surface area contributed by atoms with E-state index in [2.05, 4.69) is 22.5 Å². The molecule has 0 unspecified atom stereocenters. The summed E-state index contributed by atoms with van der Waals surface area (Å²) in [7, 11) is 0. The third-order valence-electron chi connectivity index (χ3n) is 1.17. The van der Waals surface area contributed by atoms with Crippen molar-refractivity contribution in [1.82, 2.24) is 4.98 Å². The molecule has 0 bridgehead atoms. The first-order chi connectivity index (χ1) is 3.97. The zero-order valence-corrected chi connectivity index (χ0v) is 6.26. The lowest BCUT2D eigenvalue weighted by Gasteiger charge is -1.66. The quantitative estimate of drug-likeness (QED) is 0.609. The number of aromatic nitrogens is 1. The Labute approximate surface area is 63.1 Å². The van der Waals surface area contributed by atoms with Gasteiger partial charge in [-0.3, -0.25) is 0 Å². The topological polar surface area (TPSA) is 15.8 Å². The van der Waals surface area contributed by atoms with Crippen molar-refractivity contribution in [3.05, 3.63) is 23.7 Å². The molecule has 0 aliphatic rings. The van der Waals surface area contributed by atoms with Crippen LogP contribution >= 0.6 is 23.7 Å². The largest absolute Gasteiger partial charge is 0.360 e. The fourth-order valence-electron chi connectivity index (χ4n) is 0.776. The predicted molar refractivity (Wildman–Crippen MR) is 43.4 cm³/mol. The van der Waals surface area contributed by atoms with E-state index in [1.807, 2.05) is 6.20 Å². The van der Waals surface area contributed by atoms with Gasteiger partial charge in [-0.15, -0.1) is 23.7 Å². The van der Waals surface area contributed by atoms with E-state index in [-0.39, 0.29) is 12.4 Å². The monoisotopic (exact) mass is 159 g/mol. The zero-order chi connectivity index (χ0) is 5.40. The molecule has 3 heteroatoms. The lowest BCUT2D eigenvalue weighted by molar-refractivity contribution is 1.48. The number of hydrogen-bond acceptors (Lipinski definition) is 1. The Hall–Kier alpha value is -0.470. The number of fused-ring (bicyclic) bond motifs is 1. The third kappa shape index (κ3) is 0.955. The van der Waals surface area contributed by atoms with Crippen LogP contribution in [-0.2, 0) is 0 Å². The Morgan fingerprint density at radius 1 is 1.33 bits per heavy atom. The highest BCUT2D eigenvalue weighted by atomic mass is 35.5. The fourth-order valence-corrected chi connectivity index (χ4v) is 1.53. The summed E-state index contributed by atoms with van der Waals surface area (Å²) in [4.78, 5) is 3.11. The Bertz CT molecular complexity index is 234. The Morgan fingerprint density at radius 2 is 2.22 bits per heavy atom. The van der Waals surface area contributed by atoms with E-state index in [1.165, 1.54) is 10.2 Å². The smallest absolute Gasteiger partial charge is 0.0563 e. The highest BCUT2D eigenvalue weighted by molar-refractivity contribution is 7.17. The van der Waals surface area contributed by atoms with Crippen molar-refractivity contribution in [2.75, 3.05) is 0 Å². The second-order valence-corrected chi connectivity index (χ2v) is 2.62. The summed E-state index contributed by atoms with van der Waals surface area (Å²) < 4.78 is 1.34. The molecule has 1 nitrogen and oxygen atoms in total. The van der Waals surface area contributed by atoms with Crippen LogP contribution in [0, 0.1) is 0 Å². The number of hydrogen-bond donors (Lipinski definition) is 1. The summed E-state index contributed by atoms with van der Waals surface area (Å²) in [5.74, 6) is 0. The highest BCUT2D eigenvalue weighted by Gasteiger charge is 1.89. The first-order valence-electron chi connectivity index (χ1n) is 2.47. The van der Waals surface area contributed by atoms with Crippen LogP contribution in [0.2, 0.25) is 0 Å². The summed E-state index contributed by atoms with van der Waals surface area (Å²) in [6.45, 7) is 0. The van der Waals surface area contributed by atoms with Gasteiger partial charge in [0.25, 0.3) is 0 Å². The lowest BCUT2D eigenvalue weighted by Crippen LogP contribution is -1.49. The Balaban J connectivity index is 0.000000405. The third-order valence-corrected chi connectivity index (χ3v) is 2.05. The minimum atomic E-state index is 0. The van der Waals surface area contributed by atoms with Gasteiger partial charge in [0.1, 0.15) is 0 Å². The maximum atomic E-state index is 3.11. The van der Waals surface area contributed by atoms with E-state index >= 15 is 0 Å². The molecule has 0 radical (unpaired) electrons. The minimum absolute atomic E-state index is 0. The molecule has 1 N–H and O–H groups in total. The Morgan fingerprint density at radius 3 is 3.00 bits per heavy atom. The SMILES string of the molecule is Cl.c1cc2sccc2[nH]1. The van der Waals surface area contributed by atoms with Gasteiger partial charge < -0.3 is 4.98 Å². The normalized spacial score (nSPS) is 9.33.